The van der Waals surface area contributed by atoms with Gasteiger partial charge >= 0.3 is 0 Å². The second kappa shape index (κ2) is 11.2. The fraction of sp³-hybridized carbons (Fsp3) is 0. The van der Waals surface area contributed by atoms with Crippen LogP contribution in [-0.4, -0.2) is 0 Å². The summed E-state index contributed by atoms with van der Waals surface area (Å²) in [6.07, 6.45) is 0. The topological polar surface area (TPSA) is 42.7 Å². The molecular formula is C48H29NO3. The molecule has 3 aromatic heterocycles. The van der Waals surface area contributed by atoms with E-state index in [0.717, 1.165) is 105 Å². The molecule has 0 unspecified atom stereocenters. The summed E-state index contributed by atoms with van der Waals surface area (Å²) >= 11 is 0. The molecule has 0 aliphatic rings. The number of rotatable bonds is 5. The second-order valence-corrected chi connectivity index (χ2v) is 13.3. The van der Waals surface area contributed by atoms with Gasteiger partial charge in [0.05, 0.1) is 5.69 Å². The number of furan rings is 3. The maximum atomic E-state index is 6.82. The van der Waals surface area contributed by atoms with E-state index in [-0.39, 0.29) is 0 Å². The minimum absolute atomic E-state index is 0.813. The van der Waals surface area contributed by atoms with Crippen molar-refractivity contribution >= 4 is 82.9 Å². The molecule has 3 heterocycles. The molecule has 4 nitrogen and oxygen atoms in total. The first-order valence-corrected chi connectivity index (χ1v) is 17.5. The summed E-state index contributed by atoms with van der Waals surface area (Å²) < 4.78 is 20.0. The molecule has 0 atom stereocenters. The van der Waals surface area contributed by atoms with Gasteiger partial charge in [-0.1, -0.05) is 121 Å². The van der Waals surface area contributed by atoms with Crippen molar-refractivity contribution in [3.8, 4) is 22.3 Å². The molecule has 0 spiro atoms. The van der Waals surface area contributed by atoms with Crippen LogP contribution in [-0.2, 0) is 0 Å². The number of anilines is 3. The molecule has 0 saturated heterocycles. The summed E-state index contributed by atoms with van der Waals surface area (Å²) in [6.45, 7) is 0. The van der Waals surface area contributed by atoms with Gasteiger partial charge in [0.15, 0.2) is 5.58 Å². The van der Waals surface area contributed by atoms with Crippen LogP contribution in [0.25, 0.3) is 88.1 Å². The van der Waals surface area contributed by atoms with Gasteiger partial charge in [-0.2, -0.15) is 0 Å². The Bertz CT molecular complexity index is 3130. The van der Waals surface area contributed by atoms with E-state index in [2.05, 4.69) is 150 Å². The van der Waals surface area contributed by atoms with Crippen LogP contribution in [0.15, 0.2) is 189 Å². The second-order valence-electron chi connectivity index (χ2n) is 13.3. The highest BCUT2D eigenvalue weighted by molar-refractivity contribution is 6.24. The zero-order chi connectivity index (χ0) is 34.2. The van der Waals surface area contributed by atoms with Gasteiger partial charge in [-0.25, -0.2) is 0 Å². The SMILES string of the molecule is c1ccc(-c2cccc(N(c3ccc4oc5c(-c6ccccc6)c6c(cc5c4c3)oc3ccccc36)c3cccc4c3oc3ccccc34)c2)cc1. The predicted molar refractivity (Wildman–Crippen MR) is 214 cm³/mol. The van der Waals surface area contributed by atoms with Crippen LogP contribution < -0.4 is 4.90 Å². The van der Waals surface area contributed by atoms with Gasteiger partial charge < -0.3 is 18.2 Å². The standard InChI is InChI=1S/C48H29NO3/c1-3-13-30(14-4-1)32-17-11-18-33(27-32)49(40-22-12-21-36-35-19-7-9-23-41(35)51-47(36)40)34-25-26-43-38(28-34)39-29-44-46(37-20-8-10-24-42(37)50-44)45(48(39)52-43)31-15-5-2-6-16-31/h1-29H. The average molecular weight is 668 g/mol. The smallest absolute Gasteiger partial charge is 0.159 e. The first kappa shape index (κ1) is 28.8. The molecule has 0 N–H and O–H groups in total. The maximum absolute atomic E-state index is 6.82. The van der Waals surface area contributed by atoms with Gasteiger partial charge in [-0.15, -0.1) is 0 Å². The zero-order valence-electron chi connectivity index (χ0n) is 27.9. The molecule has 0 aliphatic heterocycles. The van der Waals surface area contributed by atoms with E-state index in [4.69, 9.17) is 13.3 Å². The Morgan fingerprint density at radius 1 is 0.327 bits per heavy atom. The van der Waals surface area contributed by atoms with Gasteiger partial charge in [0.1, 0.15) is 27.9 Å². The molecule has 8 aromatic carbocycles. The number of hydrogen-bond donors (Lipinski definition) is 0. The normalized spacial score (nSPS) is 11.8. The fourth-order valence-corrected chi connectivity index (χ4v) is 7.91. The molecule has 4 heteroatoms. The molecule has 0 bridgehead atoms. The van der Waals surface area contributed by atoms with Crippen LogP contribution in [0.3, 0.4) is 0 Å². The summed E-state index contributed by atoms with van der Waals surface area (Å²) in [5.41, 5.74) is 12.4. The Kier molecular flexibility index (Phi) is 6.22. The molecule has 0 radical (unpaired) electrons. The van der Waals surface area contributed by atoms with Gasteiger partial charge in [0.25, 0.3) is 0 Å². The Hall–Kier alpha value is -7.04. The average Bonchev–Trinajstić information content (AvgIpc) is 3.89. The van der Waals surface area contributed by atoms with E-state index in [0.29, 0.717) is 0 Å². The summed E-state index contributed by atoms with van der Waals surface area (Å²) in [5, 5.41) is 6.31. The summed E-state index contributed by atoms with van der Waals surface area (Å²) in [4.78, 5) is 2.30. The largest absolute Gasteiger partial charge is 0.456 e. The van der Waals surface area contributed by atoms with Gasteiger partial charge in [-0.05, 0) is 71.3 Å². The van der Waals surface area contributed by atoms with Crippen LogP contribution in [0, 0.1) is 0 Å². The third-order valence-electron chi connectivity index (χ3n) is 10.2. The number of fused-ring (bicyclic) bond motifs is 9. The quantitative estimate of drug-likeness (QED) is 0.183. The fourth-order valence-electron chi connectivity index (χ4n) is 7.91. The Balaban J connectivity index is 1.20. The van der Waals surface area contributed by atoms with Crippen LogP contribution in [0.5, 0.6) is 0 Å². The van der Waals surface area contributed by atoms with Crippen LogP contribution in [0.4, 0.5) is 17.1 Å². The summed E-state index contributed by atoms with van der Waals surface area (Å²) in [6, 6.07) is 61.2. The highest BCUT2D eigenvalue weighted by Gasteiger charge is 2.24. The monoisotopic (exact) mass is 667 g/mol. The minimum atomic E-state index is 0.813. The molecular weight excluding hydrogens is 639 g/mol. The maximum Gasteiger partial charge on any atom is 0.159 e. The highest BCUT2D eigenvalue weighted by atomic mass is 16.3. The summed E-state index contributed by atoms with van der Waals surface area (Å²) in [5.74, 6) is 0. The molecule has 244 valence electrons. The number of benzene rings is 8. The number of hydrogen-bond acceptors (Lipinski definition) is 4. The van der Waals surface area contributed by atoms with E-state index in [9.17, 15) is 0 Å². The van der Waals surface area contributed by atoms with E-state index < -0.39 is 0 Å². The molecule has 11 aromatic rings. The summed E-state index contributed by atoms with van der Waals surface area (Å²) in [7, 11) is 0. The highest BCUT2D eigenvalue weighted by Crippen LogP contribution is 2.47. The molecule has 11 rings (SSSR count). The third-order valence-corrected chi connectivity index (χ3v) is 10.2. The van der Waals surface area contributed by atoms with Crippen molar-refractivity contribution < 1.29 is 13.3 Å². The lowest BCUT2D eigenvalue weighted by atomic mass is 9.96. The van der Waals surface area contributed by atoms with Crippen LogP contribution in [0.2, 0.25) is 0 Å². The van der Waals surface area contributed by atoms with E-state index in [1.54, 1.807) is 0 Å². The third kappa shape index (κ3) is 4.34. The lowest BCUT2D eigenvalue weighted by molar-refractivity contribution is 0.664. The van der Waals surface area contributed by atoms with Crippen molar-refractivity contribution in [3.63, 3.8) is 0 Å². The zero-order valence-corrected chi connectivity index (χ0v) is 27.9. The van der Waals surface area contributed by atoms with E-state index in [1.807, 2.05) is 30.3 Å². The first-order chi connectivity index (χ1) is 25.8. The first-order valence-electron chi connectivity index (χ1n) is 17.5. The Morgan fingerprint density at radius 3 is 1.77 bits per heavy atom. The van der Waals surface area contributed by atoms with Gasteiger partial charge in [-0.3, -0.25) is 0 Å². The van der Waals surface area contributed by atoms with Crippen molar-refractivity contribution in [1.29, 1.82) is 0 Å². The van der Waals surface area contributed by atoms with Crippen LogP contribution >= 0.6 is 0 Å². The lowest BCUT2D eigenvalue weighted by Crippen LogP contribution is -2.10. The Labute approximate surface area is 298 Å². The van der Waals surface area contributed by atoms with Crippen molar-refractivity contribution in [2.24, 2.45) is 0 Å². The minimum Gasteiger partial charge on any atom is -0.456 e. The van der Waals surface area contributed by atoms with E-state index in [1.165, 1.54) is 0 Å². The predicted octanol–water partition coefficient (Wildman–Crippen LogP) is 14.2. The van der Waals surface area contributed by atoms with Crippen molar-refractivity contribution in [3.05, 3.63) is 176 Å². The lowest BCUT2D eigenvalue weighted by Gasteiger charge is -2.26. The van der Waals surface area contributed by atoms with Gasteiger partial charge in [0.2, 0.25) is 0 Å². The van der Waals surface area contributed by atoms with Crippen LogP contribution in [0.1, 0.15) is 0 Å². The molecule has 0 aliphatic carbocycles. The number of para-hydroxylation sites is 3. The van der Waals surface area contributed by atoms with Gasteiger partial charge in [0, 0.05) is 49.3 Å². The van der Waals surface area contributed by atoms with Crippen molar-refractivity contribution in [1.82, 2.24) is 0 Å². The molecule has 0 amide bonds. The molecule has 52 heavy (non-hydrogen) atoms. The van der Waals surface area contributed by atoms with Crippen molar-refractivity contribution in [2.75, 3.05) is 4.90 Å². The van der Waals surface area contributed by atoms with Crippen molar-refractivity contribution in [2.45, 2.75) is 0 Å². The Morgan fingerprint density at radius 2 is 0.942 bits per heavy atom. The molecule has 0 fully saturated rings. The number of nitrogens with zero attached hydrogens (tertiary/aromatic N) is 1. The molecule has 0 saturated carbocycles. The van der Waals surface area contributed by atoms with E-state index >= 15 is 0 Å².